The van der Waals surface area contributed by atoms with Crippen molar-refractivity contribution in [2.45, 2.75) is 9.79 Å². The van der Waals surface area contributed by atoms with E-state index in [9.17, 15) is 0 Å². The smallest absolute Gasteiger partial charge is 0.0666 e. The van der Waals surface area contributed by atoms with Crippen LogP contribution in [-0.2, 0) is 0 Å². The number of thiophene rings is 1. The van der Waals surface area contributed by atoms with Crippen molar-refractivity contribution in [2.24, 2.45) is 0 Å². The first-order valence-electron chi connectivity index (χ1n) is 3.67. The van der Waals surface area contributed by atoms with E-state index in [0.717, 1.165) is 4.90 Å². The minimum atomic E-state index is 1.12. The van der Waals surface area contributed by atoms with Crippen LogP contribution in [0.25, 0.3) is 10.1 Å². The maximum atomic E-state index is 4.54. The largest absolute Gasteiger partial charge is 0.141 e. The van der Waals surface area contributed by atoms with Gasteiger partial charge in [-0.2, -0.15) is 0 Å². The molecule has 0 amide bonds. The Morgan fingerprint density at radius 2 is 2.23 bits per heavy atom. The third-order valence-corrected chi connectivity index (χ3v) is 5.29. The fourth-order valence-electron chi connectivity index (χ4n) is 1.20. The highest BCUT2D eigenvalue weighted by molar-refractivity contribution is 14.1. The van der Waals surface area contributed by atoms with Gasteiger partial charge in [-0.1, -0.05) is 6.07 Å². The number of halogens is 1. The van der Waals surface area contributed by atoms with E-state index in [1.807, 2.05) is 0 Å². The van der Waals surface area contributed by atoms with Gasteiger partial charge < -0.3 is 0 Å². The molecule has 68 valence electrons. The molecule has 1 aromatic carbocycles. The van der Waals surface area contributed by atoms with Crippen LogP contribution in [0.2, 0.25) is 0 Å². The lowest BCUT2D eigenvalue weighted by Crippen LogP contribution is -1.73. The Balaban J connectivity index is 2.78. The van der Waals surface area contributed by atoms with Crippen molar-refractivity contribution in [3.8, 4) is 0 Å². The Kier molecular flexibility index (Phi) is 3.12. The Labute approximate surface area is 105 Å². The van der Waals surface area contributed by atoms with Crippen LogP contribution in [0.5, 0.6) is 0 Å². The van der Waals surface area contributed by atoms with Crippen molar-refractivity contribution < 1.29 is 0 Å². The molecule has 2 aromatic rings. The molecule has 13 heavy (non-hydrogen) atoms. The topological polar surface area (TPSA) is 0 Å². The highest BCUT2D eigenvalue weighted by Gasteiger charge is 2.06. The van der Waals surface area contributed by atoms with Crippen LogP contribution in [0.1, 0.15) is 0 Å². The predicted molar refractivity (Wildman–Crippen MR) is 73.6 cm³/mol. The minimum Gasteiger partial charge on any atom is -0.141 e. The molecule has 0 unspecified atom stereocenters. The normalized spacial score (nSPS) is 11.0. The zero-order chi connectivity index (χ0) is 9.42. The van der Waals surface area contributed by atoms with Gasteiger partial charge in [-0.3, -0.25) is 0 Å². The predicted octanol–water partition coefficient (Wildman–Crippen LogP) is 4.52. The number of fused-ring (bicyclic) bond motifs is 1. The Morgan fingerprint density at radius 1 is 1.46 bits per heavy atom. The molecule has 0 nitrogen and oxygen atoms in total. The molecule has 0 spiro atoms. The second-order valence-electron chi connectivity index (χ2n) is 2.59. The van der Waals surface area contributed by atoms with Crippen LogP contribution in [0.4, 0.5) is 0 Å². The summed E-state index contributed by atoms with van der Waals surface area (Å²) in [5.41, 5.74) is 0. The number of thiol groups is 1. The van der Waals surface area contributed by atoms with E-state index >= 15 is 0 Å². The van der Waals surface area contributed by atoms with E-state index in [4.69, 9.17) is 0 Å². The van der Waals surface area contributed by atoms with Gasteiger partial charge >= 0.3 is 0 Å². The van der Waals surface area contributed by atoms with Crippen molar-refractivity contribution in [3.63, 3.8) is 0 Å². The molecule has 0 aliphatic heterocycles. The molecular formula is C9H7IS3. The average Bonchev–Trinajstić information content (AvgIpc) is 2.47. The summed E-state index contributed by atoms with van der Waals surface area (Å²) in [6, 6.07) is 6.50. The molecule has 0 radical (unpaired) electrons. The summed E-state index contributed by atoms with van der Waals surface area (Å²) >= 11 is 10.4. The van der Waals surface area contributed by atoms with Gasteiger partial charge in [0.1, 0.15) is 0 Å². The summed E-state index contributed by atoms with van der Waals surface area (Å²) in [6.07, 6.45) is 2.08. The zero-order valence-electron chi connectivity index (χ0n) is 6.87. The summed E-state index contributed by atoms with van der Waals surface area (Å²) in [6.45, 7) is 0. The van der Waals surface area contributed by atoms with Crippen molar-refractivity contribution >= 4 is 68.4 Å². The highest BCUT2D eigenvalue weighted by Crippen LogP contribution is 2.36. The number of hydrogen-bond acceptors (Lipinski definition) is 3. The number of thioether (sulfide) groups is 1. The van der Waals surface area contributed by atoms with Gasteiger partial charge in [0.2, 0.25) is 0 Å². The first kappa shape index (κ1) is 10.1. The molecule has 0 fully saturated rings. The molecular weight excluding hydrogens is 331 g/mol. The van der Waals surface area contributed by atoms with E-state index in [2.05, 4.69) is 59.7 Å². The van der Waals surface area contributed by atoms with Crippen LogP contribution in [0.15, 0.2) is 28.0 Å². The molecule has 0 aliphatic carbocycles. The van der Waals surface area contributed by atoms with E-state index in [1.165, 1.54) is 17.9 Å². The van der Waals surface area contributed by atoms with E-state index in [-0.39, 0.29) is 0 Å². The lowest BCUT2D eigenvalue weighted by atomic mass is 10.3. The fourth-order valence-corrected chi connectivity index (χ4v) is 4.21. The zero-order valence-corrected chi connectivity index (χ0v) is 11.6. The van der Waals surface area contributed by atoms with Gasteiger partial charge in [0.25, 0.3) is 0 Å². The van der Waals surface area contributed by atoms with Gasteiger partial charge in [0.05, 0.1) is 2.88 Å². The van der Waals surface area contributed by atoms with E-state index < -0.39 is 0 Å². The van der Waals surface area contributed by atoms with Gasteiger partial charge in [-0.25, -0.2) is 0 Å². The van der Waals surface area contributed by atoms with Gasteiger partial charge in [-0.15, -0.1) is 35.7 Å². The molecule has 4 heteroatoms. The fraction of sp³-hybridized carbons (Fsp3) is 0.111. The maximum absolute atomic E-state index is 4.54. The van der Waals surface area contributed by atoms with Gasteiger partial charge in [0, 0.05) is 14.5 Å². The Bertz CT molecular complexity index is 447. The van der Waals surface area contributed by atoms with Crippen LogP contribution >= 0.6 is 58.3 Å². The first-order chi connectivity index (χ1) is 6.22. The van der Waals surface area contributed by atoms with Crippen LogP contribution in [0, 0.1) is 2.88 Å². The summed E-state index contributed by atoms with van der Waals surface area (Å²) < 4.78 is 2.63. The molecule has 0 aliphatic rings. The highest BCUT2D eigenvalue weighted by atomic mass is 127. The van der Waals surface area contributed by atoms with E-state index in [1.54, 1.807) is 23.1 Å². The average molecular weight is 338 g/mol. The number of rotatable bonds is 1. The van der Waals surface area contributed by atoms with Gasteiger partial charge in [0.15, 0.2) is 0 Å². The van der Waals surface area contributed by atoms with Crippen LogP contribution < -0.4 is 0 Å². The van der Waals surface area contributed by atoms with Crippen molar-refractivity contribution in [1.82, 2.24) is 0 Å². The standard InChI is InChI=1S/C9H7IS3/c1-12-6-3-2-5-4-7(10)13-9(5)8(6)11/h2-4,11H,1H3. The lowest BCUT2D eigenvalue weighted by Gasteiger charge is -2.01. The summed E-state index contributed by atoms with van der Waals surface area (Å²) in [4.78, 5) is 2.38. The van der Waals surface area contributed by atoms with Crippen LogP contribution in [0.3, 0.4) is 0 Å². The SMILES string of the molecule is CSc1ccc2cc(I)sc2c1S. The second-order valence-corrected chi connectivity index (χ2v) is 6.83. The Morgan fingerprint density at radius 3 is 2.92 bits per heavy atom. The van der Waals surface area contributed by atoms with Crippen molar-refractivity contribution in [1.29, 1.82) is 0 Å². The molecule has 1 heterocycles. The summed E-state index contributed by atoms with van der Waals surface area (Å²) in [7, 11) is 0. The number of benzene rings is 1. The Hall–Kier alpha value is 0.610. The van der Waals surface area contributed by atoms with E-state index in [0.29, 0.717) is 0 Å². The van der Waals surface area contributed by atoms with Crippen molar-refractivity contribution in [3.05, 3.63) is 21.1 Å². The quantitative estimate of drug-likeness (QED) is 0.453. The third kappa shape index (κ3) is 1.86. The monoisotopic (exact) mass is 338 g/mol. The van der Waals surface area contributed by atoms with Crippen molar-refractivity contribution in [2.75, 3.05) is 6.26 Å². The number of hydrogen-bond donors (Lipinski definition) is 1. The molecule has 0 N–H and O–H groups in total. The second kappa shape index (κ2) is 4.00. The lowest BCUT2D eigenvalue weighted by molar-refractivity contribution is 1.33. The van der Waals surface area contributed by atoms with Crippen LogP contribution in [-0.4, -0.2) is 6.26 Å². The molecule has 1 aromatic heterocycles. The minimum absolute atomic E-state index is 1.12. The molecule has 0 saturated carbocycles. The third-order valence-electron chi connectivity index (χ3n) is 1.81. The molecule has 0 atom stereocenters. The molecule has 0 saturated heterocycles. The molecule has 2 rings (SSSR count). The summed E-state index contributed by atoms with van der Waals surface area (Å²) in [5.74, 6) is 0. The maximum Gasteiger partial charge on any atom is 0.0666 e. The van der Waals surface area contributed by atoms with Gasteiger partial charge in [-0.05, 0) is 46.4 Å². The molecule has 0 bridgehead atoms. The summed E-state index contributed by atoms with van der Waals surface area (Å²) in [5, 5.41) is 1.30. The first-order valence-corrected chi connectivity index (χ1v) is 7.24.